The molecule has 0 radical (unpaired) electrons. The second-order valence-corrected chi connectivity index (χ2v) is 8.89. The number of thiophene rings is 1. The molecule has 166 valence electrons. The van der Waals surface area contributed by atoms with Crippen molar-refractivity contribution in [3.8, 4) is 21.9 Å². The molecule has 2 aromatic carbocycles. The molecule has 6 nitrogen and oxygen atoms in total. The molecule has 0 saturated heterocycles. The van der Waals surface area contributed by atoms with E-state index in [4.69, 9.17) is 26.8 Å². The minimum Gasteiger partial charge on any atom is -0.493 e. The summed E-state index contributed by atoms with van der Waals surface area (Å²) >= 11 is 8.29. The van der Waals surface area contributed by atoms with Crippen molar-refractivity contribution >= 4 is 39.7 Å². The Hall–Kier alpha value is -2.87. The van der Waals surface area contributed by atoms with Gasteiger partial charge in [-0.25, -0.2) is 9.97 Å². The fourth-order valence-corrected chi connectivity index (χ4v) is 5.17. The molecule has 0 aliphatic carbocycles. The zero-order valence-corrected chi connectivity index (χ0v) is 20.0. The topological polar surface area (TPSA) is 82.3 Å². The Morgan fingerprint density at radius 1 is 1.09 bits per heavy atom. The molecule has 32 heavy (non-hydrogen) atoms. The summed E-state index contributed by atoms with van der Waals surface area (Å²) in [6.07, 6.45) is 0. The van der Waals surface area contributed by atoms with Crippen LogP contribution in [0.2, 0.25) is 5.02 Å². The molecule has 2 aromatic heterocycles. The molecule has 0 aliphatic heterocycles. The quantitative estimate of drug-likeness (QED) is 0.347. The van der Waals surface area contributed by atoms with Gasteiger partial charge in [-0.15, -0.1) is 11.3 Å². The Labute approximate surface area is 196 Å². The summed E-state index contributed by atoms with van der Waals surface area (Å²) in [5.74, 6) is 2.66. The van der Waals surface area contributed by atoms with Gasteiger partial charge in [-0.05, 0) is 37.1 Å². The summed E-state index contributed by atoms with van der Waals surface area (Å²) in [4.78, 5) is 11.3. The van der Waals surface area contributed by atoms with Gasteiger partial charge in [0.05, 0.1) is 35.7 Å². The molecule has 1 unspecified atom stereocenters. The van der Waals surface area contributed by atoms with Crippen molar-refractivity contribution < 1.29 is 9.47 Å². The minimum atomic E-state index is -0.0260. The largest absolute Gasteiger partial charge is 0.493 e. The van der Waals surface area contributed by atoms with Gasteiger partial charge < -0.3 is 20.5 Å². The molecule has 0 fully saturated rings. The first-order valence-electron chi connectivity index (χ1n) is 10.2. The molecule has 8 heteroatoms. The second kappa shape index (κ2) is 9.32. The van der Waals surface area contributed by atoms with Crippen LogP contribution in [0.1, 0.15) is 29.2 Å². The summed E-state index contributed by atoms with van der Waals surface area (Å²) < 4.78 is 10.9. The molecule has 4 aromatic rings. The van der Waals surface area contributed by atoms with Gasteiger partial charge in [0, 0.05) is 22.9 Å². The van der Waals surface area contributed by atoms with Crippen LogP contribution in [0.25, 0.3) is 21.3 Å². The molecule has 3 N–H and O–H groups in total. The number of methoxy groups -OCH3 is 2. The molecule has 2 heterocycles. The standard InChI is InChI=1S/C24H25ClN4O2S/c1-13(22-10-18(25)23(32-22)16-8-6-5-7-15(16)12-26)27-24-17-9-20(30-3)21(31-4)11-19(17)28-14(2)29-24/h5-11,13H,12,26H2,1-4H3,(H,27,28,29). The van der Waals surface area contributed by atoms with Crippen LogP contribution in [-0.2, 0) is 6.54 Å². The molecule has 0 aliphatic rings. The average Bonchev–Trinajstić information content (AvgIpc) is 3.19. The second-order valence-electron chi connectivity index (χ2n) is 7.40. The van der Waals surface area contributed by atoms with Crippen molar-refractivity contribution in [2.45, 2.75) is 26.4 Å². The number of hydrogen-bond acceptors (Lipinski definition) is 7. The summed E-state index contributed by atoms with van der Waals surface area (Å²) in [6, 6.07) is 13.8. The Kier molecular flexibility index (Phi) is 6.50. The maximum atomic E-state index is 6.63. The van der Waals surface area contributed by atoms with Crippen molar-refractivity contribution in [1.29, 1.82) is 0 Å². The van der Waals surface area contributed by atoms with E-state index in [1.165, 1.54) is 0 Å². The van der Waals surface area contributed by atoms with Crippen LogP contribution in [0, 0.1) is 6.92 Å². The summed E-state index contributed by atoms with van der Waals surface area (Å²) in [6.45, 7) is 4.42. The fourth-order valence-electron chi connectivity index (χ4n) is 3.66. The van der Waals surface area contributed by atoms with Gasteiger partial charge in [-0.3, -0.25) is 0 Å². The summed E-state index contributed by atoms with van der Waals surface area (Å²) in [5, 5.41) is 5.11. The van der Waals surface area contributed by atoms with Crippen LogP contribution in [0.4, 0.5) is 5.82 Å². The van der Waals surface area contributed by atoms with E-state index < -0.39 is 0 Å². The zero-order chi connectivity index (χ0) is 22.8. The van der Waals surface area contributed by atoms with E-state index in [2.05, 4.69) is 28.3 Å². The van der Waals surface area contributed by atoms with Gasteiger partial charge in [0.25, 0.3) is 0 Å². The minimum absolute atomic E-state index is 0.0260. The van der Waals surface area contributed by atoms with E-state index in [9.17, 15) is 0 Å². The normalized spacial score (nSPS) is 12.1. The number of aryl methyl sites for hydroxylation is 1. The van der Waals surface area contributed by atoms with E-state index in [0.29, 0.717) is 23.9 Å². The third-order valence-electron chi connectivity index (χ3n) is 5.28. The molecular formula is C24H25ClN4O2S. The van der Waals surface area contributed by atoms with E-state index in [-0.39, 0.29) is 6.04 Å². The van der Waals surface area contributed by atoms with E-state index in [1.807, 2.05) is 43.3 Å². The molecular weight excluding hydrogens is 444 g/mol. The number of nitrogens with zero attached hydrogens (tertiary/aromatic N) is 2. The van der Waals surface area contributed by atoms with E-state index in [0.717, 1.165) is 42.6 Å². The number of halogens is 1. The first-order chi connectivity index (χ1) is 15.4. The summed E-state index contributed by atoms with van der Waals surface area (Å²) in [7, 11) is 3.22. The molecule has 4 rings (SSSR count). The van der Waals surface area contributed by atoms with Crippen LogP contribution >= 0.6 is 22.9 Å². The number of aromatic nitrogens is 2. The van der Waals surface area contributed by atoms with Crippen molar-refractivity contribution in [2.24, 2.45) is 5.73 Å². The van der Waals surface area contributed by atoms with Crippen molar-refractivity contribution in [3.63, 3.8) is 0 Å². The zero-order valence-electron chi connectivity index (χ0n) is 18.4. The third-order valence-corrected chi connectivity index (χ3v) is 7.04. The number of nitrogens with one attached hydrogen (secondary N) is 1. The molecule has 1 atom stereocenters. The maximum absolute atomic E-state index is 6.63. The SMILES string of the molecule is COc1cc2nc(C)nc(NC(C)c3cc(Cl)c(-c4ccccc4CN)s3)c2cc1OC. The van der Waals surface area contributed by atoms with Gasteiger partial charge in [0.1, 0.15) is 11.6 Å². The smallest absolute Gasteiger partial charge is 0.162 e. The highest BCUT2D eigenvalue weighted by molar-refractivity contribution is 7.16. The number of nitrogens with two attached hydrogens (primary N) is 1. The Bertz CT molecular complexity index is 1270. The Balaban J connectivity index is 1.71. The lowest BCUT2D eigenvalue weighted by atomic mass is 10.1. The fraction of sp³-hybridized carbons (Fsp3) is 0.250. The maximum Gasteiger partial charge on any atom is 0.162 e. The predicted octanol–water partition coefficient (Wildman–Crippen LogP) is 5.97. The van der Waals surface area contributed by atoms with Crippen LogP contribution < -0.4 is 20.5 Å². The highest BCUT2D eigenvalue weighted by Gasteiger charge is 2.18. The number of rotatable bonds is 7. The van der Waals surface area contributed by atoms with Gasteiger partial charge in [-0.1, -0.05) is 35.9 Å². The number of hydrogen-bond donors (Lipinski definition) is 2. The Morgan fingerprint density at radius 2 is 1.81 bits per heavy atom. The van der Waals surface area contributed by atoms with Crippen molar-refractivity contribution in [3.05, 3.63) is 63.8 Å². The average molecular weight is 469 g/mol. The predicted molar refractivity (Wildman–Crippen MR) is 132 cm³/mol. The lowest BCUT2D eigenvalue weighted by Gasteiger charge is -2.16. The number of benzene rings is 2. The Morgan fingerprint density at radius 3 is 2.53 bits per heavy atom. The number of anilines is 1. The van der Waals surface area contributed by atoms with Crippen LogP contribution in [-0.4, -0.2) is 24.2 Å². The van der Waals surface area contributed by atoms with E-state index in [1.54, 1.807) is 25.6 Å². The third kappa shape index (κ3) is 4.24. The van der Waals surface area contributed by atoms with Crippen LogP contribution in [0.3, 0.4) is 0 Å². The van der Waals surface area contributed by atoms with Crippen molar-refractivity contribution in [2.75, 3.05) is 19.5 Å². The van der Waals surface area contributed by atoms with Gasteiger partial charge in [-0.2, -0.15) is 0 Å². The lowest BCUT2D eigenvalue weighted by Crippen LogP contribution is -2.08. The molecule has 0 amide bonds. The number of ether oxygens (including phenoxy) is 2. The molecule has 0 bridgehead atoms. The van der Waals surface area contributed by atoms with Crippen molar-refractivity contribution in [1.82, 2.24) is 9.97 Å². The van der Waals surface area contributed by atoms with Crippen LogP contribution in [0.15, 0.2) is 42.5 Å². The first kappa shape index (κ1) is 22.3. The number of fused-ring (bicyclic) bond motifs is 1. The van der Waals surface area contributed by atoms with Gasteiger partial charge >= 0.3 is 0 Å². The van der Waals surface area contributed by atoms with Crippen LogP contribution in [0.5, 0.6) is 11.5 Å². The monoisotopic (exact) mass is 468 g/mol. The molecule has 0 saturated carbocycles. The van der Waals surface area contributed by atoms with Gasteiger partial charge in [0.2, 0.25) is 0 Å². The summed E-state index contributed by atoms with van der Waals surface area (Å²) in [5.41, 5.74) is 8.86. The first-order valence-corrected chi connectivity index (χ1v) is 11.4. The highest BCUT2D eigenvalue weighted by atomic mass is 35.5. The van der Waals surface area contributed by atoms with E-state index >= 15 is 0 Å². The van der Waals surface area contributed by atoms with Gasteiger partial charge in [0.15, 0.2) is 11.5 Å². The highest BCUT2D eigenvalue weighted by Crippen LogP contribution is 2.41. The lowest BCUT2D eigenvalue weighted by molar-refractivity contribution is 0.356. The molecule has 0 spiro atoms.